The van der Waals surface area contributed by atoms with Crippen LogP contribution in [0.4, 0.5) is 0 Å². The molecule has 0 aliphatic heterocycles. The van der Waals surface area contributed by atoms with Gasteiger partial charge in [-0.25, -0.2) is 0 Å². The number of Topliss-reactive ketones (excluding diaryl/α,β-unsaturated/α-hetero) is 1. The minimum Gasteiger partial charge on any atom is -0.507 e. The zero-order chi connectivity index (χ0) is 11.2. The summed E-state index contributed by atoms with van der Waals surface area (Å²) in [5.74, 6) is -3.05. The van der Waals surface area contributed by atoms with Crippen LogP contribution in [-0.4, -0.2) is 26.9 Å². The van der Waals surface area contributed by atoms with E-state index in [9.17, 15) is 14.7 Å². The van der Waals surface area contributed by atoms with Crippen LogP contribution in [0.15, 0.2) is 18.2 Å². The Balaban J connectivity index is 2.76. The fourth-order valence-corrected chi connectivity index (χ4v) is 1.38. The van der Waals surface area contributed by atoms with Gasteiger partial charge in [0.2, 0.25) is 11.6 Å². The molecule has 0 unspecified atom stereocenters. The van der Waals surface area contributed by atoms with Crippen molar-refractivity contribution in [2.75, 3.05) is 0 Å². The maximum absolute atomic E-state index is 11.3. The van der Waals surface area contributed by atoms with Crippen molar-refractivity contribution in [3.8, 4) is 11.5 Å². The van der Waals surface area contributed by atoms with E-state index in [0.29, 0.717) is 0 Å². The minimum atomic E-state index is -0.856. The Morgan fingerprint density at radius 3 is 2.00 bits per heavy atom. The van der Waals surface area contributed by atoms with Gasteiger partial charge >= 0.3 is 0 Å². The van der Waals surface area contributed by atoms with Crippen LogP contribution in [0, 0.1) is 0 Å². The molecule has 5 heteroatoms. The first-order chi connectivity index (χ1) is 7.00. The molecular weight excluding hydrogens is 200 g/mol. The van der Waals surface area contributed by atoms with Gasteiger partial charge in [0.15, 0.2) is 11.5 Å². The smallest absolute Gasteiger partial charge is 0.233 e. The van der Waals surface area contributed by atoms with Crippen molar-refractivity contribution < 1.29 is 24.9 Å². The van der Waals surface area contributed by atoms with Crippen molar-refractivity contribution in [1.29, 1.82) is 0 Å². The Labute approximate surface area is 83.9 Å². The second-order valence-corrected chi connectivity index (χ2v) is 3.11. The Morgan fingerprint density at radius 1 is 0.867 bits per heavy atom. The Bertz CT molecular complexity index is 513. The van der Waals surface area contributed by atoms with Crippen molar-refractivity contribution in [1.82, 2.24) is 0 Å². The van der Waals surface area contributed by atoms with Crippen molar-refractivity contribution in [2.24, 2.45) is 0 Å². The zero-order valence-electron chi connectivity index (χ0n) is 7.39. The molecule has 0 bridgehead atoms. The summed E-state index contributed by atoms with van der Waals surface area (Å²) in [6.45, 7) is 0. The molecule has 76 valence electrons. The molecule has 0 aromatic heterocycles. The second-order valence-electron chi connectivity index (χ2n) is 3.11. The topological polar surface area (TPSA) is 94.8 Å². The highest BCUT2D eigenvalue weighted by atomic mass is 16.3. The van der Waals surface area contributed by atoms with Gasteiger partial charge in [-0.2, -0.15) is 0 Å². The number of phenolic OH excluding ortho intramolecular Hbond substituents is 2. The molecule has 1 aromatic rings. The highest BCUT2D eigenvalue weighted by molar-refractivity contribution is 6.50. The lowest BCUT2D eigenvalue weighted by Crippen LogP contribution is -2.18. The molecule has 0 saturated carbocycles. The number of aliphatic hydroxyl groups excluding tert-OH is 1. The number of ketones is 2. The monoisotopic (exact) mass is 206 g/mol. The first kappa shape index (κ1) is 9.26. The molecule has 0 atom stereocenters. The molecule has 0 spiro atoms. The highest BCUT2D eigenvalue weighted by Crippen LogP contribution is 2.33. The van der Waals surface area contributed by atoms with Gasteiger partial charge in [-0.15, -0.1) is 0 Å². The number of aromatic hydroxyl groups is 2. The van der Waals surface area contributed by atoms with Crippen LogP contribution >= 0.6 is 0 Å². The number of fused-ring (bicyclic) bond motifs is 1. The summed E-state index contributed by atoms with van der Waals surface area (Å²) in [6, 6.07) is 1.98. The van der Waals surface area contributed by atoms with Crippen molar-refractivity contribution in [3.05, 3.63) is 29.3 Å². The van der Waals surface area contributed by atoms with E-state index in [4.69, 9.17) is 10.2 Å². The molecule has 5 nitrogen and oxygen atoms in total. The summed E-state index contributed by atoms with van der Waals surface area (Å²) in [5.41, 5.74) is -0.0785. The third-order valence-corrected chi connectivity index (χ3v) is 2.13. The first-order valence-electron chi connectivity index (χ1n) is 4.06. The Kier molecular flexibility index (Phi) is 1.76. The Morgan fingerprint density at radius 2 is 1.40 bits per heavy atom. The van der Waals surface area contributed by atoms with E-state index in [1.165, 1.54) is 0 Å². The average molecular weight is 206 g/mol. The lowest BCUT2D eigenvalue weighted by atomic mass is 9.93. The minimum absolute atomic E-state index is 0.0369. The highest BCUT2D eigenvalue weighted by Gasteiger charge is 2.27. The maximum Gasteiger partial charge on any atom is 0.233 e. The van der Waals surface area contributed by atoms with Crippen molar-refractivity contribution in [2.45, 2.75) is 0 Å². The van der Waals surface area contributed by atoms with E-state index in [1.807, 2.05) is 0 Å². The standard InChI is InChI=1S/C10H6O5/c11-6-3-9(14)10(15)5-2-8(13)7(12)1-4(5)6/h1-3,11-13H. The van der Waals surface area contributed by atoms with Crippen LogP contribution in [0.2, 0.25) is 0 Å². The van der Waals surface area contributed by atoms with Crippen LogP contribution < -0.4 is 0 Å². The lowest BCUT2D eigenvalue weighted by Gasteiger charge is -2.12. The van der Waals surface area contributed by atoms with Gasteiger partial charge in [0.25, 0.3) is 0 Å². The molecule has 1 aliphatic carbocycles. The van der Waals surface area contributed by atoms with Crippen LogP contribution in [0.5, 0.6) is 11.5 Å². The molecular formula is C10H6O5. The predicted octanol–water partition coefficient (Wildman–Crippen LogP) is 0.762. The van der Waals surface area contributed by atoms with Gasteiger partial charge in [-0.3, -0.25) is 9.59 Å². The number of benzene rings is 1. The van der Waals surface area contributed by atoms with Gasteiger partial charge in [0.05, 0.1) is 0 Å². The normalized spacial score (nSPS) is 14.8. The van der Waals surface area contributed by atoms with E-state index >= 15 is 0 Å². The maximum atomic E-state index is 11.3. The molecule has 2 rings (SSSR count). The molecule has 1 aliphatic rings. The molecule has 0 radical (unpaired) electrons. The fraction of sp³-hybridized carbons (Fsp3) is 0. The van der Waals surface area contributed by atoms with Gasteiger partial charge in [-0.05, 0) is 12.1 Å². The molecule has 0 saturated heterocycles. The van der Waals surface area contributed by atoms with E-state index in [0.717, 1.165) is 18.2 Å². The Hall–Kier alpha value is -2.30. The molecule has 0 amide bonds. The second kappa shape index (κ2) is 2.84. The third-order valence-electron chi connectivity index (χ3n) is 2.13. The number of carbonyl (C=O) groups is 2. The number of rotatable bonds is 0. The number of carbonyl (C=O) groups excluding carboxylic acids is 2. The fourth-order valence-electron chi connectivity index (χ4n) is 1.38. The van der Waals surface area contributed by atoms with E-state index in [1.54, 1.807) is 0 Å². The summed E-state index contributed by atoms with van der Waals surface area (Å²) in [4.78, 5) is 22.4. The van der Waals surface area contributed by atoms with E-state index in [-0.39, 0.29) is 11.1 Å². The van der Waals surface area contributed by atoms with Gasteiger partial charge in [0, 0.05) is 17.2 Å². The van der Waals surface area contributed by atoms with Crippen LogP contribution in [0.3, 0.4) is 0 Å². The number of phenols is 2. The van der Waals surface area contributed by atoms with Crippen LogP contribution in [-0.2, 0) is 4.79 Å². The quantitative estimate of drug-likeness (QED) is 0.430. The number of allylic oxidation sites excluding steroid dienone is 1. The summed E-state index contributed by atoms with van der Waals surface area (Å²) >= 11 is 0. The zero-order valence-corrected chi connectivity index (χ0v) is 7.39. The van der Waals surface area contributed by atoms with E-state index in [2.05, 4.69) is 0 Å². The largest absolute Gasteiger partial charge is 0.507 e. The molecule has 0 fully saturated rings. The molecule has 1 aromatic carbocycles. The summed E-state index contributed by atoms with van der Waals surface area (Å²) < 4.78 is 0. The average Bonchev–Trinajstić information content (AvgIpc) is 2.18. The van der Waals surface area contributed by atoms with Crippen LogP contribution in [0.1, 0.15) is 15.9 Å². The van der Waals surface area contributed by atoms with Gasteiger partial charge < -0.3 is 15.3 Å². The summed E-state index contributed by atoms with van der Waals surface area (Å²) in [5, 5.41) is 27.7. The molecule has 15 heavy (non-hydrogen) atoms. The van der Waals surface area contributed by atoms with Gasteiger partial charge in [-0.1, -0.05) is 0 Å². The number of aliphatic hydroxyl groups is 1. The third kappa shape index (κ3) is 1.25. The first-order valence-corrected chi connectivity index (χ1v) is 4.06. The van der Waals surface area contributed by atoms with Crippen LogP contribution in [0.25, 0.3) is 5.76 Å². The van der Waals surface area contributed by atoms with Crippen molar-refractivity contribution >= 4 is 17.3 Å². The molecule has 3 N–H and O–H groups in total. The van der Waals surface area contributed by atoms with Crippen molar-refractivity contribution in [3.63, 3.8) is 0 Å². The summed E-state index contributed by atoms with van der Waals surface area (Å²) in [7, 11) is 0. The van der Waals surface area contributed by atoms with E-state index < -0.39 is 28.8 Å². The van der Waals surface area contributed by atoms with Gasteiger partial charge in [0.1, 0.15) is 5.76 Å². The number of hydrogen-bond acceptors (Lipinski definition) is 5. The number of hydrogen-bond donors (Lipinski definition) is 3. The predicted molar refractivity (Wildman–Crippen MR) is 49.7 cm³/mol. The SMILES string of the molecule is O=C1C=C(O)c2cc(O)c(O)cc2C1=O. The molecule has 0 heterocycles. The lowest BCUT2D eigenvalue weighted by molar-refractivity contribution is -0.111. The summed E-state index contributed by atoms with van der Waals surface area (Å²) in [6.07, 6.45) is 0.779.